The third kappa shape index (κ3) is 4.73. The number of benzene rings is 1. The van der Waals surface area contributed by atoms with Gasteiger partial charge in [0.2, 0.25) is 0 Å². The maximum absolute atomic E-state index is 12.3. The summed E-state index contributed by atoms with van der Waals surface area (Å²) in [4.78, 5) is 16.4. The van der Waals surface area contributed by atoms with Crippen molar-refractivity contribution < 1.29 is 9.21 Å². The molecule has 0 atom stereocenters. The van der Waals surface area contributed by atoms with Crippen LogP contribution in [0, 0.1) is 3.57 Å². The molecule has 26 heavy (non-hydrogen) atoms. The van der Waals surface area contributed by atoms with E-state index in [9.17, 15) is 4.79 Å². The minimum Gasteiger partial charge on any atom is -0.451 e. The molecule has 2 heterocycles. The van der Waals surface area contributed by atoms with E-state index in [-0.39, 0.29) is 10.9 Å². The number of hydrogen-bond acceptors (Lipinski definition) is 4. The Labute approximate surface area is 178 Å². The third-order valence-corrected chi connectivity index (χ3v) is 4.63. The molecule has 1 aromatic carbocycles. The lowest BCUT2D eigenvalue weighted by atomic mass is 10.2. The number of aromatic nitrogens is 1. The van der Waals surface area contributed by atoms with Crippen molar-refractivity contribution in [2.75, 3.05) is 5.32 Å². The van der Waals surface area contributed by atoms with E-state index < -0.39 is 5.91 Å². The van der Waals surface area contributed by atoms with Crippen LogP contribution in [0.5, 0.6) is 0 Å². The number of furan rings is 1. The lowest BCUT2D eigenvalue weighted by molar-refractivity contribution is 0.0951. The number of carbonyl (C=O) groups is 1. The molecule has 9 heteroatoms. The summed E-state index contributed by atoms with van der Waals surface area (Å²) in [5.74, 6) is 0.565. The van der Waals surface area contributed by atoms with Crippen molar-refractivity contribution in [1.82, 2.24) is 10.3 Å². The lowest BCUT2D eigenvalue weighted by Gasteiger charge is -2.07. The summed E-state index contributed by atoms with van der Waals surface area (Å²) in [5, 5.41) is 6.47. The van der Waals surface area contributed by atoms with Gasteiger partial charge < -0.3 is 9.73 Å². The predicted molar refractivity (Wildman–Crippen MR) is 115 cm³/mol. The summed E-state index contributed by atoms with van der Waals surface area (Å²) in [7, 11) is 0. The van der Waals surface area contributed by atoms with E-state index >= 15 is 0 Å². The zero-order chi connectivity index (χ0) is 18.7. The van der Waals surface area contributed by atoms with E-state index in [1.54, 1.807) is 36.5 Å². The van der Waals surface area contributed by atoms with Crippen LogP contribution >= 0.6 is 58.0 Å². The molecule has 132 valence electrons. The molecule has 0 saturated carbocycles. The Balaban J connectivity index is 1.69. The van der Waals surface area contributed by atoms with E-state index in [4.69, 9.17) is 39.8 Å². The number of amides is 1. The highest BCUT2D eigenvalue weighted by atomic mass is 127. The first-order chi connectivity index (χ1) is 12.4. The second kappa shape index (κ2) is 8.34. The highest BCUT2D eigenvalue weighted by molar-refractivity contribution is 14.1. The Morgan fingerprint density at radius 3 is 2.69 bits per heavy atom. The van der Waals surface area contributed by atoms with E-state index in [0.29, 0.717) is 27.2 Å². The lowest BCUT2D eigenvalue weighted by Crippen LogP contribution is -2.34. The number of carbonyl (C=O) groups excluding carboxylic acids is 1. The summed E-state index contributed by atoms with van der Waals surface area (Å²) in [5.41, 5.74) is 0.599. The molecule has 3 aromatic rings. The smallest absolute Gasteiger partial charge is 0.293 e. The summed E-state index contributed by atoms with van der Waals surface area (Å²) in [6.45, 7) is 0. The second-order valence-electron chi connectivity index (χ2n) is 5.06. The normalized spacial score (nSPS) is 10.4. The number of nitrogens with one attached hydrogen (secondary N) is 2. The molecule has 0 unspecified atom stereocenters. The predicted octanol–water partition coefficient (Wildman–Crippen LogP) is 5.38. The van der Waals surface area contributed by atoms with Crippen LogP contribution in [0.15, 0.2) is 53.1 Å². The molecule has 0 aliphatic rings. The molecule has 2 N–H and O–H groups in total. The molecule has 5 nitrogen and oxygen atoms in total. The quantitative estimate of drug-likeness (QED) is 0.360. The number of hydrogen-bond donors (Lipinski definition) is 2. The molecule has 0 fully saturated rings. The number of anilines is 1. The van der Waals surface area contributed by atoms with Gasteiger partial charge in [-0.05, 0) is 77.3 Å². The molecule has 0 spiro atoms. The maximum atomic E-state index is 12.3. The molecule has 0 bridgehead atoms. The Bertz CT molecular complexity index is 976. The van der Waals surface area contributed by atoms with Gasteiger partial charge in [-0.1, -0.05) is 23.2 Å². The molecule has 0 radical (unpaired) electrons. The van der Waals surface area contributed by atoms with Gasteiger partial charge in [-0.25, -0.2) is 4.98 Å². The van der Waals surface area contributed by atoms with Crippen LogP contribution in [0.25, 0.3) is 11.3 Å². The SMILES string of the molecule is O=C(NC(=S)Nc1ccc(I)cn1)c1ccc(-c2cc(Cl)ccc2Cl)o1. The minimum atomic E-state index is -0.489. The van der Waals surface area contributed by atoms with Gasteiger partial charge in [-0.3, -0.25) is 10.1 Å². The van der Waals surface area contributed by atoms with E-state index in [1.165, 1.54) is 6.07 Å². The molecule has 1 amide bonds. The monoisotopic (exact) mass is 517 g/mol. The zero-order valence-electron chi connectivity index (χ0n) is 12.9. The Morgan fingerprint density at radius 2 is 1.96 bits per heavy atom. The topological polar surface area (TPSA) is 67.2 Å². The molecular formula is C17H10Cl2IN3O2S. The van der Waals surface area contributed by atoms with E-state index in [2.05, 4.69) is 38.2 Å². The van der Waals surface area contributed by atoms with Gasteiger partial charge in [0.15, 0.2) is 10.9 Å². The number of thiocarbonyl (C=S) groups is 1. The zero-order valence-corrected chi connectivity index (χ0v) is 17.4. The second-order valence-corrected chi connectivity index (χ2v) is 7.56. The largest absolute Gasteiger partial charge is 0.451 e. The van der Waals surface area contributed by atoms with Gasteiger partial charge in [0.05, 0.1) is 5.02 Å². The number of rotatable bonds is 3. The average Bonchev–Trinajstić information content (AvgIpc) is 3.09. The molecule has 3 rings (SSSR count). The van der Waals surface area contributed by atoms with Crippen molar-refractivity contribution in [3.63, 3.8) is 0 Å². The van der Waals surface area contributed by atoms with Crippen molar-refractivity contribution in [3.8, 4) is 11.3 Å². The van der Waals surface area contributed by atoms with Crippen LogP contribution in [-0.4, -0.2) is 16.0 Å². The van der Waals surface area contributed by atoms with Crippen LogP contribution in [0.3, 0.4) is 0 Å². The fourth-order valence-electron chi connectivity index (χ4n) is 2.05. The summed E-state index contributed by atoms with van der Waals surface area (Å²) in [6, 6.07) is 11.8. The van der Waals surface area contributed by atoms with Gasteiger partial charge in [0.25, 0.3) is 5.91 Å². The molecule has 2 aromatic heterocycles. The molecular weight excluding hydrogens is 508 g/mol. The van der Waals surface area contributed by atoms with Gasteiger partial charge >= 0.3 is 0 Å². The van der Waals surface area contributed by atoms with Crippen LogP contribution in [0.2, 0.25) is 10.0 Å². The maximum Gasteiger partial charge on any atom is 0.293 e. The minimum absolute atomic E-state index is 0.0933. The number of nitrogens with zero attached hydrogens (tertiary/aromatic N) is 1. The average molecular weight is 518 g/mol. The standard InChI is InChI=1S/C17H10Cl2IN3O2S/c18-9-1-3-12(19)11(7-9)13-4-5-14(25-13)16(24)23-17(26)22-15-6-2-10(20)8-21-15/h1-8H,(H2,21,22,23,24,26). The number of halogens is 3. The Kier molecular flexibility index (Phi) is 6.13. The summed E-state index contributed by atoms with van der Waals surface area (Å²) >= 11 is 19.4. The number of pyridine rings is 1. The Morgan fingerprint density at radius 1 is 1.15 bits per heavy atom. The van der Waals surface area contributed by atoms with Crippen LogP contribution in [-0.2, 0) is 0 Å². The molecule has 0 aliphatic carbocycles. The Hall–Kier alpha value is -1.68. The summed E-state index contributed by atoms with van der Waals surface area (Å²) < 4.78 is 6.57. The van der Waals surface area contributed by atoms with Gasteiger partial charge in [-0.2, -0.15) is 0 Å². The third-order valence-electron chi connectivity index (χ3n) is 3.22. The molecule has 0 aliphatic heterocycles. The van der Waals surface area contributed by atoms with Crippen molar-refractivity contribution in [1.29, 1.82) is 0 Å². The van der Waals surface area contributed by atoms with Crippen LogP contribution < -0.4 is 10.6 Å². The first-order valence-corrected chi connectivity index (χ1v) is 9.46. The van der Waals surface area contributed by atoms with Gasteiger partial charge in [0, 0.05) is 20.4 Å². The van der Waals surface area contributed by atoms with Gasteiger partial charge in [-0.15, -0.1) is 0 Å². The van der Waals surface area contributed by atoms with Crippen molar-refractivity contribution in [3.05, 3.63) is 68.0 Å². The van der Waals surface area contributed by atoms with Crippen LogP contribution in [0.4, 0.5) is 5.82 Å². The highest BCUT2D eigenvalue weighted by Gasteiger charge is 2.15. The highest BCUT2D eigenvalue weighted by Crippen LogP contribution is 2.31. The van der Waals surface area contributed by atoms with E-state index in [0.717, 1.165) is 3.57 Å². The van der Waals surface area contributed by atoms with Crippen LogP contribution in [0.1, 0.15) is 10.6 Å². The first kappa shape index (κ1) is 19.1. The fraction of sp³-hybridized carbons (Fsp3) is 0. The van der Waals surface area contributed by atoms with Crippen molar-refractivity contribution in [2.24, 2.45) is 0 Å². The fourth-order valence-corrected chi connectivity index (χ4v) is 2.95. The first-order valence-electron chi connectivity index (χ1n) is 7.21. The van der Waals surface area contributed by atoms with E-state index in [1.807, 2.05) is 6.07 Å². The summed E-state index contributed by atoms with van der Waals surface area (Å²) in [6.07, 6.45) is 1.68. The van der Waals surface area contributed by atoms with Crippen molar-refractivity contribution >= 4 is 74.8 Å². The molecule has 0 saturated heterocycles. The van der Waals surface area contributed by atoms with Gasteiger partial charge in [0.1, 0.15) is 11.6 Å². The van der Waals surface area contributed by atoms with Crippen molar-refractivity contribution in [2.45, 2.75) is 0 Å².